The topological polar surface area (TPSA) is 52.4 Å². The highest BCUT2D eigenvalue weighted by molar-refractivity contribution is 9.10. The molecule has 0 radical (unpaired) electrons. The normalized spacial score (nSPS) is 10.3. The van der Waals surface area contributed by atoms with Crippen molar-refractivity contribution in [2.45, 2.75) is 39.0 Å². The van der Waals surface area contributed by atoms with Gasteiger partial charge in [0, 0.05) is 10.5 Å². The van der Waals surface area contributed by atoms with Gasteiger partial charge in [-0.05, 0) is 18.6 Å². The van der Waals surface area contributed by atoms with Gasteiger partial charge in [0.25, 0.3) is 0 Å². The van der Waals surface area contributed by atoms with Crippen LogP contribution in [0.3, 0.4) is 0 Å². The molecule has 0 unspecified atom stereocenters. The van der Waals surface area contributed by atoms with Gasteiger partial charge < -0.3 is 4.74 Å². The van der Waals surface area contributed by atoms with Gasteiger partial charge in [0.05, 0.1) is 11.5 Å². The second kappa shape index (κ2) is 8.08. The predicted octanol–water partition coefficient (Wildman–Crippen LogP) is 4.71. The SMILES string of the molecule is CCCCCCCOc1ccc(Br)cc1[N+](=O)[O-]. The molecule has 0 aliphatic carbocycles. The van der Waals surface area contributed by atoms with Gasteiger partial charge in [-0.25, -0.2) is 0 Å². The summed E-state index contributed by atoms with van der Waals surface area (Å²) in [6, 6.07) is 4.85. The fourth-order valence-corrected chi connectivity index (χ4v) is 1.99. The summed E-state index contributed by atoms with van der Waals surface area (Å²) in [5, 5.41) is 10.9. The van der Waals surface area contributed by atoms with Crippen LogP contribution in [0, 0.1) is 10.1 Å². The molecule has 0 spiro atoms. The molecular weight excluding hydrogens is 298 g/mol. The molecule has 0 fully saturated rings. The standard InChI is InChI=1S/C13H18BrNO3/c1-2-3-4-5-6-9-18-13-8-7-11(14)10-12(13)15(16)17/h7-8,10H,2-6,9H2,1H3. The number of halogens is 1. The molecular formula is C13H18BrNO3. The number of benzene rings is 1. The number of nitro groups is 1. The molecule has 0 atom stereocenters. The van der Waals surface area contributed by atoms with Crippen LogP contribution in [-0.2, 0) is 0 Å². The summed E-state index contributed by atoms with van der Waals surface area (Å²) in [6.07, 6.45) is 5.69. The molecule has 0 bridgehead atoms. The summed E-state index contributed by atoms with van der Waals surface area (Å²) < 4.78 is 6.16. The van der Waals surface area contributed by atoms with Gasteiger partial charge in [0.2, 0.25) is 0 Å². The number of rotatable bonds is 8. The van der Waals surface area contributed by atoms with Crippen LogP contribution in [0.25, 0.3) is 0 Å². The minimum atomic E-state index is -0.419. The Kier molecular flexibility index (Phi) is 6.72. The highest BCUT2D eigenvalue weighted by Gasteiger charge is 2.15. The van der Waals surface area contributed by atoms with E-state index in [1.807, 2.05) is 0 Å². The van der Waals surface area contributed by atoms with Crippen LogP contribution in [0.1, 0.15) is 39.0 Å². The van der Waals surface area contributed by atoms with Crippen LogP contribution in [0.2, 0.25) is 0 Å². The Morgan fingerprint density at radius 1 is 1.28 bits per heavy atom. The van der Waals surface area contributed by atoms with Crippen molar-refractivity contribution < 1.29 is 9.66 Å². The first-order valence-corrected chi connectivity index (χ1v) is 7.01. The Morgan fingerprint density at radius 3 is 2.67 bits per heavy atom. The van der Waals surface area contributed by atoms with Crippen molar-refractivity contribution in [1.82, 2.24) is 0 Å². The van der Waals surface area contributed by atoms with E-state index in [2.05, 4.69) is 22.9 Å². The maximum atomic E-state index is 10.9. The molecule has 0 aromatic heterocycles. The van der Waals surface area contributed by atoms with Crippen molar-refractivity contribution >= 4 is 21.6 Å². The molecule has 0 N–H and O–H groups in total. The maximum Gasteiger partial charge on any atom is 0.312 e. The van der Waals surface area contributed by atoms with E-state index in [-0.39, 0.29) is 5.69 Å². The zero-order valence-corrected chi connectivity index (χ0v) is 12.1. The van der Waals surface area contributed by atoms with E-state index in [9.17, 15) is 10.1 Å². The molecule has 0 saturated heterocycles. The highest BCUT2D eigenvalue weighted by atomic mass is 79.9. The summed E-state index contributed by atoms with van der Waals surface area (Å²) in [5.41, 5.74) is 0.0120. The van der Waals surface area contributed by atoms with Crippen LogP contribution >= 0.6 is 15.9 Å². The Bertz CT molecular complexity index is 396. The minimum Gasteiger partial charge on any atom is -0.487 e. The molecule has 5 heteroatoms. The third kappa shape index (κ3) is 5.04. The molecule has 1 aromatic rings. The van der Waals surface area contributed by atoms with Gasteiger partial charge in [-0.3, -0.25) is 10.1 Å². The minimum absolute atomic E-state index is 0.0120. The van der Waals surface area contributed by atoms with E-state index >= 15 is 0 Å². The average Bonchev–Trinajstić information content (AvgIpc) is 2.35. The first-order valence-electron chi connectivity index (χ1n) is 6.22. The lowest BCUT2D eigenvalue weighted by molar-refractivity contribution is -0.385. The lowest BCUT2D eigenvalue weighted by Gasteiger charge is -2.06. The molecule has 100 valence electrons. The fourth-order valence-electron chi connectivity index (χ4n) is 1.64. The second-order valence-corrected chi connectivity index (χ2v) is 5.05. The molecule has 4 nitrogen and oxygen atoms in total. The summed E-state index contributed by atoms with van der Waals surface area (Å²) in [4.78, 5) is 10.4. The molecule has 1 aromatic carbocycles. The lowest BCUT2D eigenvalue weighted by atomic mass is 10.2. The van der Waals surface area contributed by atoms with E-state index < -0.39 is 4.92 Å². The van der Waals surface area contributed by atoms with Crippen LogP contribution in [0.5, 0.6) is 5.75 Å². The van der Waals surface area contributed by atoms with Gasteiger partial charge in [-0.2, -0.15) is 0 Å². The Labute approximate surface area is 116 Å². The van der Waals surface area contributed by atoms with Crippen molar-refractivity contribution in [3.8, 4) is 5.75 Å². The quantitative estimate of drug-likeness (QED) is 0.396. The highest BCUT2D eigenvalue weighted by Crippen LogP contribution is 2.30. The Morgan fingerprint density at radius 2 is 2.00 bits per heavy atom. The van der Waals surface area contributed by atoms with Crippen LogP contribution in [0.4, 0.5) is 5.69 Å². The fraction of sp³-hybridized carbons (Fsp3) is 0.538. The van der Waals surface area contributed by atoms with E-state index in [1.165, 1.54) is 25.3 Å². The van der Waals surface area contributed by atoms with Crippen LogP contribution < -0.4 is 4.74 Å². The summed E-state index contributed by atoms with van der Waals surface area (Å²) in [5.74, 6) is 0.346. The summed E-state index contributed by atoms with van der Waals surface area (Å²) in [6.45, 7) is 2.70. The van der Waals surface area contributed by atoms with E-state index in [0.717, 1.165) is 12.8 Å². The smallest absolute Gasteiger partial charge is 0.312 e. The third-order valence-corrected chi connectivity index (χ3v) is 3.12. The summed E-state index contributed by atoms with van der Waals surface area (Å²) in [7, 11) is 0. The van der Waals surface area contributed by atoms with Gasteiger partial charge in [-0.1, -0.05) is 48.5 Å². The van der Waals surface area contributed by atoms with Gasteiger partial charge in [0.1, 0.15) is 0 Å². The van der Waals surface area contributed by atoms with Gasteiger partial charge in [-0.15, -0.1) is 0 Å². The number of nitrogens with zero attached hydrogens (tertiary/aromatic N) is 1. The number of hydrogen-bond acceptors (Lipinski definition) is 3. The van der Waals surface area contributed by atoms with Crippen molar-refractivity contribution in [1.29, 1.82) is 0 Å². The third-order valence-electron chi connectivity index (χ3n) is 2.62. The first-order chi connectivity index (χ1) is 8.65. The largest absolute Gasteiger partial charge is 0.487 e. The molecule has 0 aliphatic heterocycles. The number of hydrogen-bond donors (Lipinski definition) is 0. The van der Waals surface area contributed by atoms with E-state index in [4.69, 9.17) is 4.74 Å². The molecule has 1 rings (SSSR count). The molecule has 0 amide bonds. The summed E-state index contributed by atoms with van der Waals surface area (Å²) >= 11 is 3.21. The Balaban J connectivity index is 2.44. The van der Waals surface area contributed by atoms with Crippen LogP contribution in [-0.4, -0.2) is 11.5 Å². The van der Waals surface area contributed by atoms with Crippen molar-refractivity contribution in [3.63, 3.8) is 0 Å². The molecule has 0 heterocycles. The molecule has 0 saturated carbocycles. The predicted molar refractivity (Wildman–Crippen MR) is 75.1 cm³/mol. The van der Waals surface area contributed by atoms with Crippen LogP contribution in [0.15, 0.2) is 22.7 Å². The molecule has 18 heavy (non-hydrogen) atoms. The average molecular weight is 316 g/mol. The van der Waals surface area contributed by atoms with E-state index in [1.54, 1.807) is 12.1 Å². The van der Waals surface area contributed by atoms with Crippen molar-refractivity contribution in [2.24, 2.45) is 0 Å². The number of nitro benzene ring substituents is 1. The van der Waals surface area contributed by atoms with Crippen molar-refractivity contribution in [2.75, 3.05) is 6.61 Å². The zero-order chi connectivity index (χ0) is 13.4. The van der Waals surface area contributed by atoms with E-state index in [0.29, 0.717) is 16.8 Å². The number of unbranched alkanes of at least 4 members (excludes halogenated alkanes) is 4. The zero-order valence-electron chi connectivity index (χ0n) is 10.5. The maximum absolute atomic E-state index is 10.9. The molecule has 0 aliphatic rings. The lowest BCUT2D eigenvalue weighted by Crippen LogP contribution is -2.00. The Hall–Kier alpha value is -1.10. The first kappa shape index (κ1) is 15.0. The van der Waals surface area contributed by atoms with Gasteiger partial charge >= 0.3 is 5.69 Å². The van der Waals surface area contributed by atoms with Crippen molar-refractivity contribution in [3.05, 3.63) is 32.8 Å². The van der Waals surface area contributed by atoms with Gasteiger partial charge in [0.15, 0.2) is 5.75 Å². The number of ether oxygens (including phenoxy) is 1. The second-order valence-electron chi connectivity index (χ2n) is 4.13. The monoisotopic (exact) mass is 315 g/mol.